The van der Waals surface area contributed by atoms with Crippen LogP contribution in [-0.2, 0) is 30.0 Å². The number of esters is 1. The highest BCUT2D eigenvalue weighted by Gasteiger charge is 2.60. The monoisotopic (exact) mass is 472 g/mol. The molecule has 0 saturated heterocycles. The van der Waals surface area contributed by atoms with E-state index in [0.29, 0.717) is 25.4 Å². The van der Waals surface area contributed by atoms with Gasteiger partial charge in [-0.05, 0) is 36.5 Å². The van der Waals surface area contributed by atoms with Crippen LogP contribution in [0.5, 0.6) is 0 Å². The van der Waals surface area contributed by atoms with Crippen molar-refractivity contribution in [3.8, 4) is 0 Å². The molecule has 5 atom stereocenters. The van der Waals surface area contributed by atoms with Crippen LogP contribution in [0.25, 0.3) is 0 Å². The van der Waals surface area contributed by atoms with Crippen molar-refractivity contribution in [3.63, 3.8) is 0 Å². The molecule has 3 rings (SSSR count). The molecule has 5 nitrogen and oxygen atoms in total. The van der Waals surface area contributed by atoms with E-state index in [-0.39, 0.29) is 35.1 Å². The van der Waals surface area contributed by atoms with Crippen LogP contribution in [-0.4, -0.2) is 38.7 Å². The Balaban J connectivity index is 2.00. The van der Waals surface area contributed by atoms with Crippen molar-refractivity contribution >= 4 is 14.3 Å². The maximum atomic E-state index is 12.4. The highest BCUT2D eigenvalue weighted by molar-refractivity contribution is 6.74. The Bertz CT molecular complexity index is 872. The molecule has 0 amide bonds. The van der Waals surface area contributed by atoms with Crippen LogP contribution in [0.3, 0.4) is 0 Å². The van der Waals surface area contributed by atoms with Crippen molar-refractivity contribution in [1.29, 1.82) is 0 Å². The largest absolute Gasteiger partial charge is 0.494 e. The number of carbonyl (C=O) groups excluding carboxylic acids is 1. The lowest BCUT2D eigenvalue weighted by Crippen LogP contribution is -2.61. The van der Waals surface area contributed by atoms with Gasteiger partial charge in [-0.1, -0.05) is 64.1 Å². The van der Waals surface area contributed by atoms with Gasteiger partial charge in [0.15, 0.2) is 13.9 Å². The molecule has 1 spiro atoms. The zero-order chi connectivity index (χ0) is 24.4. The zero-order valence-electron chi connectivity index (χ0n) is 21.2. The summed E-state index contributed by atoms with van der Waals surface area (Å²) in [4.78, 5) is 12.4. The summed E-state index contributed by atoms with van der Waals surface area (Å²) in [5, 5.41) is 0.0612. The Morgan fingerprint density at radius 2 is 1.88 bits per heavy atom. The van der Waals surface area contributed by atoms with Gasteiger partial charge in [-0.3, -0.25) is 0 Å². The van der Waals surface area contributed by atoms with Gasteiger partial charge in [-0.2, -0.15) is 0 Å². The summed E-state index contributed by atoms with van der Waals surface area (Å²) in [5.74, 6) is -0.00352. The molecule has 1 aromatic carbocycles. The number of carbonyl (C=O) groups is 1. The van der Waals surface area contributed by atoms with Crippen LogP contribution in [0, 0.1) is 11.8 Å². The van der Waals surface area contributed by atoms with E-state index in [1.54, 1.807) is 0 Å². The minimum absolute atomic E-state index is 0.0612. The summed E-state index contributed by atoms with van der Waals surface area (Å²) >= 11 is 0. The van der Waals surface area contributed by atoms with E-state index >= 15 is 0 Å². The lowest BCUT2D eigenvalue weighted by molar-refractivity contribution is -0.189. The average Bonchev–Trinajstić information content (AvgIpc) is 3.03. The molecule has 6 heteroatoms. The molecule has 1 aliphatic heterocycles. The summed E-state index contributed by atoms with van der Waals surface area (Å²) in [6.45, 7) is 20.4. The number of hydrogen-bond acceptors (Lipinski definition) is 5. The third kappa shape index (κ3) is 5.13. The van der Waals surface area contributed by atoms with Gasteiger partial charge in [0.25, 0.3) is 0 Å². The fraction of sp³-hybridized carbons (Fsp3) is 0.593. The van der Waals surface area contributed by atoms with Gasteiger partial charge >= 0.3 is 5.97 Å². The van der Waals surface area contributed by atoms with E-state index in [2.05, 4.69) is 59.5 Å². The van der Waals surface area contributed by atoms with Crippen molar-refractivity contribution in [2.24, 2.45) is 11.8 Å². The van der Waals surface area contributed by atoms with Crippen LogP contribution in [0.15, 0.2) is 54.8 Å². The first-order valence-electron chi connectivity index (χ1n) is 12.0. The normalized spacial score (nSPS) is 30.2. The first-order chi connectivity index (χ1) is 15.4. The predicted molar refractivity (Wildman–Crippen MR) is 133 cm³/mol. The summed E-state index contributed by atoms with van der Waals surface area (Å²) in [7, 11) is -2.09. The molecule has 1 fully saturated rings. The maximum absolute atomic E-state index is 12.4. The fourth-order valence-electron chi connectivity index (χ4n) is 4.70. The van der Waals surface area contributed by atoms with Gasteiger partial charge in [0.05, 0.1) is 37.4 Å². The van der Waals surface area contributed by atoms with Gasteiger partial charge in [0.2, 0.25) is 0 Å². The first kappa shape index (κ1) is 25.7. The molecule has 2 aliphatic rings. The standard InChI is InChI=1S/C27H40O5Si/c1-9-21-25(30-18-20-14-12-11-13-15-20)24(32-33(7,8)26(4,5)6)19(3)17-27(21)22(29-10-2)16-23(28)31-27/h9,11-16,19,21,24-25H,1,10,17-18H2,2-8H3/t19-,21+,24-,25-,27-/m1/s1. The van der Waals surface area contributed by atoms with Crippen LogP contribution in [0.4, 0.5) is 0 Å². The predicted octanol–water partition coefficient (Wildman–Crippen LogP) is 6.02. The van der Waals surface area contributed by atoms with E-state index in [4.69, 9.17) is 18.6 Å². The highest BCUT2D eigenvalue weighted by atomic mass is 28.4. The second-order valence-electron chi connectivity index (χ2n) is 10.8. The van der Waals surface area contributed by atoms with Crippen LogP contribution in [0.2, 0.25) is 18.1 Å². The van der Waals surface area contributed by atoms with Gasteiger partial charge < -0.3 is 18.6 Å². The van der Waals surface area contributed by atoms with E-state index in [1.807, 2.05) is 31.2 Å². The Kier molecular flexibility index (Phi) is 7.61. The number of benzene rings is 1. The summed E-state index contributed by atoms with van der Waals surface area (Å²) in [6.07, 6.45) is 3.46. The fourth-order valence-corrected chi connectivity index (χ4v) is 6.10. The van der Waals surface area contributed by atoms with Crippen molar-refractivity contribution in [1.82, 2.24) is 0 Å². The Hall–Kier alpha value is -1.89. The molecule has 0 aromatic heterocycles. The molecule has 0 bridgehead atoms. The number of hydrogen-bond donors (Lipinski definition) is 0. The summed E-state index contributed by atoms with van der Waals surface area (Å²) in [6, 6.07) is 10.1. The number of rotatable bonds is 8. The topological polar surface area (TPSA) is 54.0 Å². The van der Waals surface area contributed by atoms with Crippen molar-refractivity contribution < 1.29 is 23.4 Å². The van der Waals surface area contributed by atoms with E-state index in [1.165, 1.54) is 6.08 Å². The molecule has 1 saturated carbocycles. The smallest absolute Gasteiger partial charge is 0.335 e. The minimum atomic E-state index is -2.09. The third-order valence-corrected chi connectivity index (χ3v) is 11.9. The first-order valence-corrected chi connectivity index (χ1v) is 14.9. The zero-order valence-corrected chi connectivity index (χ0v) is 22.2. The SMILES string of the molecule is C=C[C@H]1[C@@H](OCc2ccccc2)[C@H](O[Si](C)(C)C(C)(C)C)[C@H](C)C[C@@]12OC(=O)C=C2OCC. The number of ether oxygens (including phenoxy) is 3. The van der Waals surface area contributed by atoms with Gasteiger partial charge in [-0.25, -0.2) is 4.79 Å². The summed E-state index contributed by atoms with van der Waals surface area (Å²) in [5.41, 5.74) is 0.172. The second-order valence-corrected chi connectivity index (χ2v) is 15.6. The molecular formula is C27H40O5Si. The highest BCUT2D eigenvalue weighted by Crippen LogP contribution is 2.51. The van der Waals surface area contributed by atoms with Gasteiger partial charge in [0, 0.05) is 6.42 Å². The van der Waals surface area contributed by atoms with E-state index in [9.17, 15) is 4.79 Å². The molecule has 0 radical (unpaired) electrons. The summed E-state index contributed by atoms with van der Waals surface area (Å²) < 4.78 is 25.5. The molecular weight excluding hydrogens is 432 g/mol. The van der Waals surface area contributed by atoms with E-state index in [0.717, 1.165) is 5.56 Å². The van der Waals surface area contributed by atoms with Crippen LogP contribution in [0.1, 0.15) is 46.6 Å². The van der Waals surface area contributed by atoms with Gasteiger partial charge in [0.1, 0.15) is 5.76 Å². The molecule has 0 N–H and O–H groups in total. The lowest BCUT2D eigenvalue weighted by Gasteiger charge is -2.52. The quantitative estimate of drug-likeness (QED) is 0.263. The molecule has 1 heterocycles. The molecule has 1 aliphatic carbocycles. The van der Waals surface area contributed by atoms with Gasteiger partial charge in [-0.15, -0.1) is 6.58 Å². The Labute approximate surface area is 200 Å². The molecule has 182 valence electrons. The minimum Gasteiger partial charge on any atom is -0.494 e. The van der Waals surface area contributed by atoms with E-state index < -0.39 is 13.9 Å². The second kappa shape index (κ2) is 9.77. The third-order valence-electron chi connectivity index (χ3n) is 7.43. The maximum Gasteiger partial charge on any atom is 0.335 e. The molecule has 1 aromatic rings. The Morgan fingerprint density at radius 3 is 2.45 bits per heavy atom. The van der Waals surface area contributed by atoms with Crippen LogP contribution >= 0.6 is 0 Å². The van der Waals surface area contributed by atoms with Crippen molar-refractivity contribution in [2.75, 3.05) is 6.61 Å². The van der Waals surface area contributed by atoms with Crippen molar-refractivity contribution in [3.05, 3.63) is 60.4 Å². The van der Waals surface area contributed by atoms with Crippen molar-refractivity contribution in [2.45, 2.75) is 83.6 Å². The lowest BCUT2D eigenvalue weighted by atomic mass is 9.67. The molecule has 0 unspecified atom stereocenters. The molecule has 33 heavy (non-hydrogen) atoms. The Morgan fingerprint density at radius 1 is 1.21 bits per heavy atom. The van der Waals surface area contributed by atoms with Crippen LogP contribution < -0.4 is 0 Å². The average molecular weight is 473 g/mol.